The Morgan fingerprint density at radius 3 is 2.33 bits per heavy atom. The maximum Gasteiger partial charge on any atom is 0.164 e. The minimum Gasteiger partial charge on any atom is -0.364 e. The molecule has 3 nitrogen and oxygen atoms in total. The molecule has 0 aromatic heterocycles. The summed E-state index contributed by atoms with van der Waals surface area (Å²) in [6.45, 7) is 17.7. The monoisotopic (exact) mass is 454 g/mol. The van der Waals surface area contributed by atoms with E-state index in [1.54, 1.807) is 5.57 Å². The number of fused-ring (bicyclic) bond motifs is 2. The largest absolute Gasteiger partial charge is 0.364 e. The van der Waals surface area contributed by atoms with Gasteiger partial charge >= 0.3 is 0 Å². The fourth-order valence-corrected chi connectivity index (χ4v) is 8.28. The van der Waals surface area contributed by atoms with Gasteiger partial charge in [-0.05, 0) is 87.9 Å². The zero-order valence-corrected chi connectivity index (χ0v) is 22.3. The van der Waals surface area contributed by atoms with Gasteiger partial charge in [-0.2, -0.15) is 0 Å². The summed E-state index contributed by atoms with van der Waals surface area (Å²) in [5.74, 6) is 2.12. The van der Waals surface area contributed by atoms with Crippen molar-refractivity contribution in [3.8, 4) is 0 Å². The second-order valence-corrected chi connectivity index (χ2v) is 13.3. The summed E-state index contributed by atoms with van der Waals surface area (Å²) in [6.07, 6.45) is 12.5. The van der Waals surface area contributed by atoms with Crippen molar-refractivity contribution in [2.75, 3.05) is 0 Å². The quantitative estimate of drug-likeness (QED) is 0.451. The van der Waals surface area contributed by atoms with E-state index >= 15 is 0 Å². The molecule has 2 unspecified atom stereocenters. The van der Waals surface area contributed by atoms with Gasteiger partial charge in [0.25, 0.3) is 0 Å². The van der Waals surface area contributed by atoms with Gasteiger partial charge in [-0.15, -0.1) is 0 Å². The molecule has 4 aliphatic rings. The molecule has 0 amide bonds. The maximum absolute atomic E-state index is 12.8. The first kappa shape index (κ1) is 24.9. The van der Waals surface area contributed by atoms with Gasteiger partial charge < -0.3 is 4.74 Å². The maximum atomic E-state index is 12.8. The third kappa shape index (κ3) is 3.91. The summed E-state index contributed by atoms with van der Waals surface area (Å²) >= 11 is 0. The van der Waals surface area contributed by atoms with Crippen LogP contribution in [0.15, 0.2) is 23.3 Å². The Kier molecular flexibility index (Phi) is 6.17. The summed E-state index contributed by atoms with van der Waals surface area (Å²) in [4.78, 5) is 25.5. The van der Waals surface area contributed by atoms with E-state index in [1.807, 2.05) is 13.8 Å². The minimum absolute atomic E-state index is 0.0438. The topological polar surface area (TPSA) is 43.4 Å². The van der Waals surface area contributed by atoms with Crippen molar-refractivity contribution in [1.82, 2.24) is 0 Å². The fourth-order valence-electron chi connectivity index (χ4n) is 8.28. The van der Waals surface area contributed by atoms with Gasteiger partial charge in [0.2, 0.25) is 0 Å². The predicted molar refractivity (Wildman–Crippen MR) is 134 cm³/mol. The van der Waals surface area contributed by atoms with E-state index in [2.05, 4.69) is 53.7 Å². The number of carbonyl (C=O) groups excluding carboxylic acids is 2. The lowest BCUT2D eigenvalue weighted by Gasteiger charge is -2.53. The number of carbonyl (C=O) groups is 2. The van der Waals surface area contributed by atoms with Gasteiger partial charge in [0, 0.05) is 18.3 Å². The molecule has 2 saturated carbocycles. The van der Waals surface area contributed by atoms with E-state index < -0.39 is 5.60 Å². The van der Waals surface area contributed by atoms with E-state index in [1.165, 1.54) is 12.0 Å². The summed E-state index contributed by atoms with van der Waals surface area (Å²) in [7, 11) is 0. The van der Waals surface area contributed by atoms with Crippen LogP contribution >= 0.6 is 0 Å². The molecule has 6 atom stereocenters. The second kappa shape index (κ2) is 8.18. The van der Waals surface area contributed by atoms with Crippen LogP contribution in [0.2, 0.25) is 0 Å². The Morgan fingerprint density at radius 2 is 1.64 bits per heavy atom. The van der Waals surface area contributed by atoms with Crippen molar-refractivity contribution >= 4 is 11.6 Å². The molecule has 0 spiro atoms. The zero-order valence-electron chi connectivity index (χ0n) is 22.3. The van der Waals surface area contributed by atoms with E-state index in [-0.39, 0.29) is 34.1 Å². The van der Waals surface area contributed by atoms with E-state index in [9.17, 15) is 9.59 Å². The Balaban J connectivity index is 1.60. The molecule has 3 aliphatic carbocycles. The molecule has 0 aromatic rings. The van der Waals surface area contributed by atoms with Crippen LogP contribution in [0.3, 0.4) is 0 Å². The Morgan fingerprint density at radius 1 is 0.970 bits per heavy atom. The highest BCUT2D eigenvalue weighted by atomic mass is 16.5. The van der Waals surface area contributed by atoms with Crippen molar-refractivity contribution in [2.45, 2.75) is 118 Å². The number of allylic oxidation sites excluding steroid dienone is 4. The number of hydrogen-bond donors (Lipinski definition) is 0. The lowest BCUT2D eigenvalue weighted by atomic mass is 9.50. The lowest BCUT2D eigenvalue weighted by molar-refractivity contribution is -0.165. The lowest BCUT2D eigenvalue weighted by Crippen LogP contribution is -2.50. The van der Waals surface area contributed by atoms with Gasteiger partial charge in [0.15, 0.2) is 5.78 Å². The third-order valence-corrected chi connectivity index (χ3v) is 10.6. The number of ether oxygens (including phenoxy) is 1. The van der Waals surface area contributed by atoms with E-state index in [0.29, 0.717) is 30.5 Å². The minimum atomic E-state index is -0.665. The first-order valence-corrected chi connectivity index (χ1v) is 13.4. The van der Waals surface area contributed by atoms with Crippen molar-refractivity contribution in [2.24, 2.45) is 34.0 Å². The average Bonchev–Trinajstić information content (AvgIpc) is 2.81. The Labute approximate surface area is 201 Å². The second-order valence-electron chi connectivity index (χ2n) is 13.3. The zero-order chi connectivity index (χ0) is 24.4. The van der Waals surface area contributed by atoms with Crippen LogP contribution in [0.1, 0.15) is 107 Å². The molecule has 3 fully saturated rings. The van der Waals surface area contributed by atoms with Crippen LogP contribution in [0, 0.1) is 34.0 Å². The molecule has 4 rings (SSSR count). The predicted octanol–water partition coefficient (Wildman–Crippen LogP) is 7.24. The van der Waals surface area contributed by atoms with Crippen molar-refractivity contribution in [3.05, 3.63) is 23.3 Å². The van der Waals surface area contributed by atoms with Crippen LogP contribution in [0.4, 0.5) is 0 Å². The number of Topliss-reactive ketones (excluding diaryl/α,β-unsaturated/α-hetero) is 2. The summed E-state index contributed by atoms with van der Waals surface area (Å²) in [5, 5.41) is 0. The van der Waals surface area contributed by atoms with Gasteiger partial charge in [-0.25, -0.2) is 0 Å². The summed E-state index contributed by atoms with van der Waals surface area (Å²) < 4.78 is 6.54. The van der Waals surface area contributed by atoms with Gasteiger partial charge in [0.1, 0.15) is 11.4 Å². The van der Waals surface area contributed by atoms with Gasteiger partial charge in [-0.3, -0.25) is 9.59 Å². The standard InChI is InChI=1S/C30H46O3/c1-19-9-13-23-27(3,4)24(31)15-17-29(23,7)21(19)11-12-22-20(2)10-14-26-30(22,8)18-16-25(32)28(5,6)33-26/h9,13,20,22-23,26H,10-12,14-18H2,1-8H3/t20?,22-,23?,26+,29-,30+/m0/s1. The fraction of sp³-hybridized carbons (Fsp3) is 0.800. The molecule has 1 heterocycles. The highest BCUT2D eigenvalue weighted by Crippen LogP contribution is 2.59. The number of ketones is 2. The van der Waals surface area contributed by atoms with Crippen LogP contribution in [-0.4, -0.2) is 23.3 Å². The summed E-state index contributed by atoms with van der Waals surface area (Å²) in [6, 6.07) is 0. The molecule has 0 radical (unpaired) electrons. The van der Waals surface area contributed by atoms with Crippen molar-refractivity contribution in [1.29, 1.82) is 0 Å². The molecular weight excluding hydrogens is 408 g/mol. The van der Waals surface area contributed by atoms with Crippen LogP contribution in [-0.2, 0) is 14.3 Å². The smallest absolute Gasteiger partial charge is 0.164 e. The summed E-state index contributed by atoms with van der Waals surface area (Å²) in [5.41, 5.74) is 2.11. The third-order valence-electron chi connectivity index (χ3n) is 10.6. The van der Waals surface area contributed by atoms with Crippen LogP contribution in [0.25, 0.3) is 0 Å². The first-order valence-electron chi connectivity index (χ1n) is 13.4. The Bertz CT molecular complexity index is 890. The Hall–Kier alpha value is -1.22. The van der Waals surface area contributed by atoms with Crippen LogP contribution < -0.4 is 0 Å². The number of hydrogen-bond acceptors (Lipinski definition) is 3. The van der Waals surface area contributed by atoms with Crippen molar-refractivity contribution < 1.29 is 14.3 Å². The molecule has 3 heteroatoms. The molecule has 0 bridgehead atoms. The highest BCUT2D eigenvalue weighted by molar-refractivity contribution is 5.87. The molecular formula is C30H46O3. The van der Waals surface area contributed by atoms with Gasteiger partial charge in [-0.1, -0.05) is 57.9 Å². The van der Waals surface area contributed by atoms with E-state index in [0.717, 1.165) is 32.1 Å². The first-order chi connectivity index (χ1) is 15.2. The number of rotatable bonds is 3. The SMILES string of the molecule is CC1=C(CC[C@H]2C(C)CC[C@H]3OC(C)(C)C(=O)CC[C@@]32C)[C@]2(C)CCC(=O)C(C)(C)C2C=C1. The molecule has 1 aliphatic heterocycles. The van der Waals surface area contributed by atoms with Crippen LogP contribution in [0.5, 0.6) is 0 Å². The molecule has 33 heavy (non-hydrogen) atoms. The molecule has 0 N–H and O–H groups in total. The molecule has 184 valence electrons. The van der Waals surface area contributed by atoms with Gasteiger partial charge in [0.05, 0.1) is 6.10 Å². The highest BCUT2D eigenvalue weighted by Gasteiger charge is 2.54. The average molecular weight is 455 g/mol. The van der Waals surface area contributed by atoms with E-state index in [4.69, 9.17) is 4.74 Å². The molecule has 1 saturated heterocycles. The molecule has 0 aromatic carbocycles. The van der Waals surface area contributed by atoms with Crippen molar-refractivity contribution in [3.63, 3.8) is 0 Å². The normalized spacial score (nSPS) is 42.5.